The van der Waals surface area contributed by atoms with Gasteiger partial charge in [-0.25, -0.2) is 14.8 Å². The molecule has 23 heavy (non-hydrogen) atoms. The molecule has 0 aliphatic carbocycles. The Labute approximate surface area is 142 Å². The van der Waals surface area contributed by atoms with Gasteiger partial charge >= 0.3 is 6.09 Å². The standard InChI is InChI=1S/C15H19BrN4O3/c1-15(2,3)23-14(21)20-4-5-22-11(8-20)13-18-10-6-9(16)7-17-12(10)19-13/h6-7,11H,4-5,8H2,1-3H3,(H,17,18,19). The van der Waals surface area contributed by atoms with Crippen molar-refractivity contribution in [1.29, 1.82) is 0 Å². The summed E-state index contributed by atoms with van der Waals surface area (Å²) in [6.07, 6.45) is 1.05. The van der Waals surface area contributed by atoms with Gasteiger partial charge in [-0.05, 0) is 42.8 Å². The Morgan fingerprint density at radius 3 is 3.04 bits per heavy atom. The molecule has 0 saturated carbocycles. The van der Waals surface area contributed by atoms with Gasteiger partial charge in [0.25, 0.3) is 0 Å². The van der Waals surface area contributed by atoms with Gasteiger partial charge < -0.3 is 19.4 Å². The van der Waals surface area contributed by atoms with Gasteiger partial charge in [0.1, 0.15) is 17.5 Å². The smallest absolute Gasteiger partial charge is 0.410 e. The van der Waals surface area contributed by atoms with Gasteiger partial charge in [-0.2, -0.15) is 0 Å². The third-order valence-corrected chi connectivity index (χ3v) is 3.78. The zero-order valence-corrected chi connectivity index (χ0v) is 14.9. The van der Waals surface area contributed by atoms with Gasteiger partial charge in [0.05, 0.1) is 18.7 Å². The third-order valence-electron chi connectivity index (χ3n) is 3.35. The monoisotopic (exact) mass is 382 g/mol. The van der Waals surface area contributed by atoms with E-state index in [1.54, 1.807) is 11.1 Å². The molecule has 1 saturated heterocycles. The van der Waals surface area contributed by atoms with Crippen molar-refractivity contribution in [2.24, 2.45) is 0 Å². The number of hydrogen-bond donors (Lipinski definition) is 1. The topological polar surface area (TPSA) is 80.3 Å². The van der Waals surface area contributed by atoms with Crippen LogP contribution in [0.2, 0.25) is 0 Å². The highest BCUT2D eigenvalue weighted by Gasteiger charge is 2.30. The summed E-state index contributed by atoms with van der Waals surface area (Å²) in [7, 11) is 0. The normalized spacial score (nSPS) is 19.1. The fourth-order valence-corrected chi connectivity index (χ4v) is 2.68. The van der Waals surface area contributed by atoms with Gasteiger partial charge in [-0.15, -0.1) is 0 Å². The highest BCUT2D eigenvalue weighted by atomic mass is 79.9. The fourth-order valence-electron chi connectivity index (χ4n) is 2.35. The molecular weight excluding hydrogens is 364 g/mol. The van der Waals surface area contributed by atoms with Crippen LogP contribution in [0.15, 0.2) is 16.7 Å². The van der Waals surface area contributed by atoms with Gasteiger partial charge in [-0.1, -0.05) is 0 Å². The molecule has 1 aliphatic rings. The van der Waals surface area contributed by atoms with Crippen molar-refractivity contribution in [3.05, 3.63) is 22.6 Å². The van der Waals surface area contributed by atoms with Crippen LogP contribution < -0.4 is 0 Å². The summed E-state index contributed by atoms with van der Waals surface area (Å²) < 4.78 is 12.0. The Balaban J connectivity index is 1.75. The van der Waals surface area contributed by atoms with Crippen LogP contribution in [0.1, 0.15) is 32.7 Å². The zero-order chi connectivity index (χ0) is 16.6. The van der Waals surface area contributed by atoms with Crippen LogP contribution in [0.3, 0.4) is 0 Å². The molecule has 1 fully saturated rings. The minimum absolute atomic E-state index is 0.316. The highest BCUT2D eigenvalue weighted by molar-refractivity contribution is 9.10. The number of pyridine rings is 1. The summed E-state index contributed by atoms with van der Waals surface area (Å²) in [5.74, 6) is 0.666. The van der Waals surface area contributed by atoms with Gasteiger partial charge in [0.15, 0.2) is 5.65 Å². The number of rotatable bonds is 1. The molecule has 0 spiro atoms. The van der Waals surface area contributed by atoms with E-state index >= 15 is 0 Å². The highest BCUT2D eigenvalue weighted by Crippen LogP contribution is 2.24. The van der Waals surface area contributed by atoms with E-state index in [1.165, 1.54) is 0 Å². The number of nitrogens with one attached hydrogen (secondary N) is 1. The average Bonchev–Trinajstić information content (AvgIpc) is 2.88. The van der Waals surface area contributed by atoms with Crippen molar-refractivity contribution in [2.45, 2.75) is 32.5 Å². The van der Waals surface area contributed by atoms with Crippen LogP contribution in [0.4, 0.5) is 4.79 Å². The molecule has 7 nitrogen and oxygen atoms in total. The fraction of sp³-hybridized carbons (Fsp3) is 0.533. The number of ether oxygens (including phenoxy) is 2. The van der Waals surface area contributed by atoms with Gasteiger partial charge in [-0.3, -0.25) is 0 Å². The third kappa shape index (κ3) is 3.81. The first kappa shape index (κ1) is 16.2. The number of carbonyl (C=O) groups excluding carboxylic acids is 1. The van der Waals surface area contributed by atoms with Crippen LogP contribution >= 0.6 is 15.9 Å². The molecule has 1 atom stereocenters. The molecule has 0 bridgehead atoms. The number of H-pyrrole nitrogens is 1. The lowest BCUT2D eigenvalue weighted by Crippen LogP contribution is -2.44. The Morgan fingerprint density at radius 1 is 1.52 bits per heavy atom. The van der Waals surface area contributed by atoms with Gasteiger partial charge in [0, 0.05) is 17.2 Å². The summed E-state index contributed by atoms with van der Waals surface area (Å²) in [5, 5.41) is 0. The molecule has 3 heterocycles. The summed E-state index contributed by atoms with van der Waals surface area (Å²) >= 11 is 3.38. The van der Waals surface area contributed by atoms with Crippen molar-refractivity contribution in [2.75, 3.05) is 19.7 Å². The first-order chi connectivity index (χ1) is 10.8. The van der Waals surface area contributed by atoms with E-state index in [9.17, 15) is 4.79 Å². The minimum atomic E-state index is -0.513. The average molecular weight is 383 g/mol. The number of imidazole rings is 1. The number of fused-ring (bicyclic) bond motifs is 1. The quantitative estimate of drug-likeness (QED) is 0.819. The second-order valence-electron chi connectivity index (χ2n) is 6.43. The Bertz CT molecular complexity index is 725. The lowest BCUT2D eigenvalue weighted by atomic mass is 10.2. The second kappa shape index (κ2) is 6.09. The minimum Gasteiger partial charge on any atom is -0.444 e. The Morgan fingerprint density at radius 2 is 2.30 bits per heavy atom. The van der Waals surface area contributed by atoms with E-state index in [2.05, 4.69) is 30.9 Å². The Kier molecular flexibility index (Phi) is 4.29. The molecule has 2 aromatic heterocycles. The first-order valence-corrected chi connectivity index (χ1v) is 8.22. The molecule has 3 rings (SSSR count). The van der Waals surface area contributed by atoms with Crippen LogP contribution in [-0.2, 0) is 9.47 Å². The van der Waals surface area contributed by atoms with Crippen LogP contribution in [-0.4, -0.2) is 51.2 Å². The molecule has 0 radical (unpaired) electrons. The van der Waals surface area contributed by atoms with E-state index < -0.39 is 5.60 Å². The summed E-state index contributed by atoms with van der Waals surface area (Å²) in [5.41, 5.74) is 0.939. The maximum atomic E-state index is 12.2. The van der Waals surface area contributed by atoms with E-state index in [1.807, 2.05) is 26.8 Å². The molecule has 1 unspecified atom stereocenters. The SMILES string of the molecule is CC(C)(C)OC(=O)N1CCOC(c2nc3ncc(Br)cc3[nH]2)C1. The number of morpholine rings is 1. The number of carbonyl (C=O) groups is 1. The van der Waals surface area contributed by atoms with Crippen LogP contribution in [0.25, 0.3) is 11.2 Å². The Hall–Kier alpha value is -1.67. The predicted molar refractivity (Wildman–Crippen MR) is 88.1 cm³/mol. The van der Waals surface area contributed by atoms with E-state index in [0.29, 0.717) is 31.2 Å². The van der Waals surface area contributed by atoms with Crippen molar-refractivity contribution in [3.8, 4) is 0 Å². The van der Waals surface area contributed by atoms with Crippen molar-refractivity contribution in [1.82, 2.24) is 19.9 Å². The number of nitrogens with zero attached hydrogens (tertiary/aromatic N) is 3. The number of halogens is 1. The predicted octanol–water partition coefficient (Wildman–Crippen LogP) is 3.03. The number of aromatic nitrogens is 3. The zero-order valence-electron chi connectivity index (χ0n) is 13.3. The van der Waals surface area contributed by atoms with E-state index in [-0.39, 0.29) is 12.2 Å². The van der Waals surface area contributed by atoms with E-state index in [0.717, 1.165) is 9.99 Å². The molecule has 8 heteroatoms. The maximum absolute atomic E-state index is 12.2. The number of hydrogen-bond acceptors (Lipinski definition) is 5. The van der Waals surface area contributed by atoms with Crippen molar-refractivity contribution >= 4 is 33.2 Å². The molecular formula is C15H19BrN4O3. The molecule has 1 N–H and O–H groups in total. The summed E-state index contributed by atoms with van der Waals surface area (Å²) in [6.45, 7) is 6.91. The largest absolute Gasteiger partial charge is 0.444 e. The summed E-state index contributed by atoms with van der Waals surface area (Å²) in [4.78, 5) is 25.8. The molecule has 1 aliphatic heterocycles. The lowest BCUT2D eigenvalue weighted by Gasteiger charge is -2.33. The molecule has 2 aromatic rings. The first-order valence-electron chi connectivity index (χ1n) is 7.42. The van der Waals surface area contributed by atoms with Gasteiger partial charge in [0.2, 0.25) is 0 Å². The van der Waals surface area contributed by atoms with Crippen molar-refractivity contribution in [3.63, 3.8) is 0 Å². The second-order valence-corrected chi connectivity index (χ2v) is 7.35. The van der Waals surface area contributed by atoms with Crippen molar-refractivity contribution < 1.29 is 14.3 Å². The van der Waals surface area contributed by atoms with Crippen LogP contribution in [0, 0.1) is 0 Å². The number of amides is 1. The molecule has 124 valence electrons. The summed E-state index contributed by atoms with van der Waals surface area (Å²) in [6, 6.07) is 1.91. The maximum Gasteiger partial charge on any atom is 0.410 e. The number of aromatic amines is 1. The lowest BCUT2D eigenvalue weighted by molar-refractivity contribution is -0.0459. The molecule has 0 aromatic carbocycles. The molecule has 1 amide bonds. The van der Waals surface area contributed by atoms with E-state index in [4.69, 9.17) is 9.47 Å². The van der Waals surface area contributed by atoms with Crippen LogP contribution in [0.5, 0.6) is 0 Å².